The highest BCUT2D eigenvalue weighted by Gasteiger charge is 2.40. The van der Waals surface area contributed by atoms with Crippen molar-refractivity contribution < 1.29 is 14.3 Å². The molecule has 1 N–H and O–H groups in total. The number of ether oxygens (including phenoxy) is 1. The average Bonchev–Trinajstić information content (AvgIpc) is 3.76. The van der Waals surface area contributed by atoms with Gasteiger partial charge in [0.25, 0.3) is 11.8 Å². The van der Waals surface area contributed by atoms with Gasteiger partial charge in [0.2, 0.25) is 0 Å². The van der Waals surface area contributed by atoms with Crippen LogP contribution in [-0.4, -0.2) is 63.0 Å². The molecular formula is C31H32N6O3S. The van der Waals surface area contributed by atoms with Gasteiger partial charge in [-0.2, -0.15) is 0 Å². The van der Waals surface area contributed by atoms with Gasteiger partial charge in [-0.15, -0.1) is 11.3 Å². The molecule has 1 unspecified atom stereocenters. The minimum absolute atomic E-state index is 0.0429. The third-order valence-electron chi connectivity index (χ3n) is 8.54. The second kappa shape index (κ2) is 10.8. The van der Waals surface area contributed by atoms with Crippen molar-refractivity contribution in [3.63, 3.8) is 0 Å². The number of fused-ring (bicyclic) bond motifs is 2. The molecule has 2 aromatic heterocycles. The number of amides is 2. The summed E-state index contributed by atoms with van der Waals surface area (Å²) in [6.45, 7) is 3.07. The molecule has 3 aliphatic heterocycles. The third kappa shape index (κ3) is 4.91. The fourth-order valence-corrected chi connectivity index (χ4v) is 6.77. The Hall–Kier alpha value is -4.02. The number of rotatable bonds is 6. The number of thiazole rings is 1. The second-order valence-electron chi connectivity index (χ2n) is 11.1. The van der Waals surface area contributed by atoms with E-state index in [0.717, 1.165) is 49.3 Å². The Bertz CT molecular complexity index is 1570. The lowest BCUT2D eigenvalue weighted by Gasteiger charge is -2.34. The number of hydrogen-bond acceptors (Lipinski definition) is 7. The van der Waals surface area contributed by atoms with Crippen molar-refractivity contribution in [1.29, 1.82) is 0 Å². The summed E-state index contributed by atoms with van der Waals surface area (Å²) < 4.78 is 8.13. The van der Waals surface area contributed by atoms with Gasteiger partial charge in [0, 0.05) is 23.8 Å². The summed E-state index contributed by atoms with van der Waals surface area (Å²) in [5.74, 6) is 0.501. The molecular weight excluding hydrogens is 536 g/mol. The molecule has 0 aliphatic carbocycles. The molecule has 0 saturated carbocycles. The van der Waals surface area contributed by atoms with Crippen LogP contribution in [0.15, 0.2) is 60.4 Å². The number of nitrogens with one attached hydrogen (secondary N) is 1. The zero-order valence-corrected chi connectivity index (χ0v) is 23.8. The molecule has 1 fully saturated rings. The number of carbonyl (C=O) groups is 2. The smallest absolute Gasteiger partial charge is 0.261 e. The number of anilines is 1. The van der Waals surface area contributed by atoms with Crippen molar-refractivity contribution in [2.45, 2.75) is 44.2 Å². The molecule has 10 heteroatoms. The molecule has 0 bridgehead atoms. The lowest BCUT2D eigenvalue weighted by atomic mass is 9.88. The lowest BCUT2D eigenvalue weighted by molar-refractivity contribution is -0.122. The second-order valence-corrected chi connectivity index (χ2v) is 12.0. The van der Waals surface area contributed by atoms with Crippen molar-refractivity contribution in [3.05, 3.63) is 82.9 Å². The Morgan fingerprint density at radius 3 is 2.66 bits per heavy atom. The van der Waals surface area contributed by atoms with Crippen molar-refractivity contribution in [2.75, 3.05) is 32.2 Å². The van der Waals surface area contributed by atoms with Gasteiger partial charge in [-0.05, 0) is 80.6 Å². The summed E-state index contributed by atoms with van der Waals surface area (Å²) in [5, 5.41) is 5.16. The van der Waals surface area contributed by atoms with Crippen molar-refractivity contribution in [2.24, 2.45) is 0 Å². The van der Waals surface area contributed by atoms with Gasteiger partial charge in [0.1, 0.15) is 5.75 Å². The Morgan fingerprint density at radius 2 is 1.88 bits per heavy atom. The number of imidazole rings is 1. The number of hydrogen-bond donors (Lipinski definition) is 1. The Balaban J connectivity index is 1.18. The molecule has 5 heterocycles. The first kappa shape index (κ1) is 25.9. The highest BCUT2D eigenvalue weighted by atomic mass is 32.1. The van der Waals surface area contributed by atoms with Crippen LogP contribution in [0.25, 0.3) is 11.1 Å². The maximum Gasteiger partial charge on any atom is 0.261 e. The highest BCUT2D eigenvalue weighted by Crippen LogP contribution is 2.37. The molecule has 210 valence electrons. The van der Waals surface area contributed by atoms with Crippen LogP contribution < -0.4 is 10.1 Å². The molecule has 2 aromatic carbocycles. The third-order valence-corrected chi connectivity index (χ3v) is 9.23. The van der Waals surface area contributed by atoms with Crippen LogP contribution in [0.3, 0.4) is 0 Å². The highest BCUT2D eigenvalue weighted by molar-refractivity contribution is 7.13. The van der Waals surface area contributed by atoms with Crippen LogP contribution in [0, 0.1) is 0 Å². The lowest BCUT2D eigenvalue weighted by Crippen LogP contribution is -2.46. The van der Waals surface area contributed by atoms with Gasteiger partial charge in [0.05, 0.1) is 17.6 Å². The molecule has 9 nitrogen and oxygen atoms in total. The Labute approximate surface area is 242 Å². The number of aromatic nitrogens is 3. The van der Waals surface area contributed by atoms with Crippen molar-refractivity contribution in [1.82, 2.24) is 24.3 Å². The van der Waals surface area contributed by atoms with Crippen molar-refractivity contribution in [3.8, 4) is 16.9 Å². The van der Waals surface area contributed by atoms with Crippen molar-refractivity contribution >= 4 is 28.3 Å². The number of piperidine rings is 1. The first-order chi connectivity index (χ1) is 20.0. The largest absolute Gasteiger partial charge is 0.472 e. The van der Waals surface area contributed by atoms with Crippen LogP contribution in [0.2, 0.25) is 0 Å². The minimum atomic E-state index is -0.939. The maximum atomic E-state index is 14.0. The Morgan fingerprint density at radius 1 is 1.07 bits per heavy atom. The van der Waals surface area contributed by atoms with E-state index < -0.39 is 6.04 Å². The summed E-state index contributed by atoms with van der Waals surface area (Å²) >= 11 is 1.33. The monoisotopic (exact) mass is 568 g/mol. The molecule has 1 atom stereocenters. The first-order valence-electron chi connectivity index (χ1n) is 14.2. The zero-order valence-electron chi connectivity index (χ0n) is 23.0. The van der Waals surface area contributed by atoms with Crippen LogP contribution in [0.1, 0.15) is 58.5 Å². The molecule has 41 heavy (non-hydrogen) atoms. The molecule has 7 rings (SSSR count). The molecule has 1 saturated heterocycles. The molecule has 3 aliphatic rings. The summed E-state index contributed by atoms with van der Waals surface area (Å²) in [7, 11) is 2.18. The van der Waals surface area contributed by atoms with E-state index in [1.807, 2.05) is 18.2 Å². The van der Waals surface area contributed by atoms with E-state index >= 15 is 0 Å². The van der Waals surface area contributed by atoms with Gasteiger partial charge in [0.15, 0.2) is 17.9 Å². The van der Waals surface area contributed by atoms with E-state index in [0.29, 0.717) is 28.1 Å². The summed E-state index contributed by atoms with van der Waals surface area (Å²) in [6.07, 6.45) is 7.54. The summed E-state index contributed by atoms with van der Waals surface area (Å²) in [4.78, 5) is 40.4. The van der Waals surface area contributed by atoms with E-state index in [4.69, 9.17) is 4.74 Å². The fourth-order valence-electron chi connectivity index (χ4n) is 6.24. The van der Waals surface area contributed by atoms with E-state index in [9.17, 15) is 9.59 Å². The summed E-state index contributed by atoms with van der Waals surface area (Å²) in [6, 6.07) is 13.5. The predicted octanol–water partition coefficient (Wildman–Crippen LogP) is 4.93. The van der Waals surface area contributed by atoms with Gasteiger partial charge >= 0.3 is 0 Å². The Kier molecular flexibility index (Phi) is 6.80. The van der Waals surface area contributed by atoms with E-state index in [2.05, 4.69) is 56.1 Å². The van der Waals surface area contributed by atoms with Crippen LogP contribution in [-0.2, 0) is 17.8 Å². The molecule has 4 aromatic rings. The molecule has 0 spiro atoms. The normalized spacial score (nSPS) is 18.1. The average molecular weight is 569 g/mol. The number of aryl methyl sites for hydroxylation is 1. The number of benzene rings is 2. The molecule has 2 amide bonds. The van der Waals surface area contributed by atoms with Gasteiger partial charge in [-0.3, -0.25) is 19.8 Å². The predicted molar refractivity (Wildman–Crippen MR) is 157 cm³/mol. The zero-order chi connectivity index (χ0) is 27.9. The number of nitrogens with zero attached hydrogens (tertiary/aromatic N) is 5. The minimum Gasteiger partial charge on any atom is -0.472 e. The quantitative estimate of drug-likeness (QED) is 0.355. The number of carbonyl (C=O) groups excluding carboxylic acids is 2. The van der Waals surface area contributed by atoms with Gasteiger partial charge < -0.3 is 14.2 Å². The van der Waals surface area contributed by atoms with Gasteiger partial charge in [-0.25, -0.2) is 9.97 Å². The van der Waals surface area contributed by atoms with Gasteiger partial charge in [-0.1, -0.05) is 30.3 Å². The van der Waals surface area contributed by atoms with E-state index in [-0.39, 0.29) is 18.5 Å². The van der Waals surface area contributed by atoms with Crippen LogP contribution >= 0.6 is 11.3 Å². The van der Waals surface area contributed by atoms with E-state index in [1.54, 1.807) is 17.9 Å². The maximum absolute atomic E-state index is 14.0. The van der Waals surface area contributed by atoms with Crippen LogP contribution in [0.5, 0.6) is 5.75 Å². The topological polar surface area (TPSA) is 92.6 Å². The summed E-state index contributed by atoms with van der Waals surface area (Å²) in [5.41, 5.74) is 5.37. The van der Waals surface area contributed by atoms with Crippen LogP contribution in [0.4, 0.5) is 5.13 Å². The standard InChI is InChI=1S/C31H32N6O3S/c1-35-14-10-22(11-15-35)20-4-6-21(7-5-20)23-8-9-26-24(17-23)30(39)37(19-40-26)28(29(38)34-31-32-12-16-41-31)27-25-3-2-13-36(25)18-33-27/h4-9,12,16-18,22,28H,2-3,10-11,13-15,19H2,1H3,(H,32,34,38). The van der Waals surface area contributed by atoms with E-state index in [1.165, 1.54) is 34.6 Å². The molecule has 0 radical (unpaired) electrons. The SMILES string of the molecule is CN1CCC(c2ccc(-c3ccc4c(c3)C(=O)N(C(C(=O)Nc3nccs3)c3ncn5c3CCC5)CO4)cc2)CC1. The first-order valence-corrected chi connectivity index (χ1v) is 15.0. The number of likely N-dealkylation sites (tertiary alicyclic amines) is 1. The fraction of sp³-hybridized carbons (Fsp3) is 0.355.